The van der Waals surface area contributed by atoms with E-state index >= 15 is 0 Å². The third-order valence-electron chi connectivity index (χ3n) is 3.79. The Morgan fingerprint density at radius 2 is 1.67 bits per heavy atom. The highest BCUT2D eigenvalue weighted by Crippen LogP contribution is 2.04. The maximum absolute atomic E-state index is 12.5. The van der Waals surface area contributed by atoms with Crippen molar-refractivity contribution in [3.8, 4) is 0 Å². The van der Waals surface area contributed by atoms with E-state index in [9.17, 15) is 9.59 Å². The van der Waals surface area contributed by atoms with Crippen LogP contribution in [0.15, 0.2) is 0 Å². The Kier molecular flexibility index (Phi) is 14.7. The Hall–Kier alpha value is -1.10. The van der Waals surface area contributed by atoms with Crippen molar-refractivity contribution in [2.24, 2.45) is 17.4 Å². The van der Waals surface area contributed by atoms with Gasteiger partial charge >= 0.3 is 0 Å². The number of rotatable bonds is 16. The van der Waals surface area contributed by atoms with Crippen molar-refractivity contribution in [1.29, 1.82) is 0 Å². The molecule has 142 valence electrons. The summed E-state index contributed by atoms with van der Waals surface area (Å²) in [6.45, 7) is 3.88. The molecule has 0 saturated heterocycles. The van der Waals surface area contributed by atoms with E-state index in [0.29, 0.717) is 32.4 Å². The highest BCUT2D eigenvalue weighted by atomic mass is 16.2. The standard InChI is InChI=1S/C15H35N7O2/c1-12(5-3-9-19-17)21-14(7-2-8-16)15(24)22-13(11-23)6-4-10-20-18/h11-14,19-21H,2-10,16-18H2,1H3,(H,22,24)/t12-,13-,14-/m1/s1. The maximum Gasteiger partial charge on any atom is 0.237 e. The first-order valence-corrected chi connectivity index (χ1v) is 8.67. The topological polar surface area (TPSA) is 160 Å². The number of hydrogen-bond donors (Lipinski definition) is 7. The molecular weight excluding hydrogens is 310 g/mol. The van der Waals surface area contributed by atoms with Crippen LogP contribution in [0.4, 0.5) is 0 Å². The lowest BCUT2D eigenvalue weighted by Crippen LogP contribution is -2.51. The third kappa shape index (κ3) is 11.4. The van der Waals surface area contributed by atoms with Crippen LogP contribution >= 0.6 is 0 Å². The molecular formula is C15H35N7O2. The van der Waals surface area contributed by atoms with Crippen molar-refractivity contribution in [3.05, 3.63) is 0 Å². The fourth-order valence-electron chi connectivity index (χ4n) is 2.43. The number of hydrazine groups is 2. The molecule has 0 aliphatic rings. The highest BCUT2D eigenvalue weighted by Gasteiger charge is 2.22. The molecule has 3 atom stereocenters. The first-order valence-electron chi connectivity index (χ1n) is 8.67. The second-order valence-electron chi connectivity index (χ2n) is 6.00. The van der Waals surface area contributed by atoms with Gasteiger partial charge in [0, 0.05) is 19.1 Å². The molecule has 0 spiro atoms. The van der Waals surface area contributed by atoms with Crippen LogP contribution in [0.2, 0.25) is 0 Å². The molecule has 9 heteroatoms. The zero-order chi connectivity index (χ0) is 18.2. The van der Waals surface area contributed by atoms with Crippen molar-refractivity contribution in [1.82, 2.24) is 21.5 Å². The molecule has 0 unspecified atom stereocenters. The molecule has 0 bridgehead atoms. The van der Waals surface area contributed by atoms with E-state index < -0.39 is 6.04 Å². The SMILES string of the molecule is C[C@H](CCCNN)N[C@H](CCCN)C(=O)N[C@@H](C=O)CCCNN. The first kappa shape index (κ1) is 22.9. The van der Waals surface area contributed by atoms with E-state index in [0.717, 1.165) is 32.1 Å². The van der Waals surface area contributed by atoms with Gasteiger partial charge in [-0.25, -0.2) is 0 Å². The number of hydrogen-bond acceptors (Lipinski definition) is 8. The Morgan fingerprint density at radius 3 is 2.21 bits per heavy atom. The molecule has 0 aliphatic heterocycles. The second kappa shape index (κ2) is 15.4. The molecule has 0 saturated carbocycles. The lowest BCUT2D eigenvalue weighted by molar-refractivity contribution is -0.126. The van der Waals surface area contributed by atoms with Gasteiger partial charge < -0.3 is 21.2 Å². The summed E-state index contributed by atoms with van der Waals surface area (Å²) in [5.41, 5.74) is 10.7. The smallest absolute Gasteiger partial charge is 0.237 e. The van der Waals surface area contributed by atoms with Gasteiger partial charge in [-0.1, -0.05) is 0 Å². The average Bonchev–Trinajstić information content (AvgIpc) is 2.57. The minimum Gasteiger partial charge on any atom is -0.345 e. The van der Waals surface area contributed by atoms with E-state index in [1.54, 1.807) is 0 Å². The van der Waals surface area contributed by atoms with Crippen LogP contribution in [-0.2, 0) is 9.59 Å². The predicted molar refractivity (Wildman–Crippen MR) is 95.5 cm³/mol. The van der Waals surface area contributed by atoms with Crippen LogP contribution in [0.1, 0.15) is 45.4 Å². The molecule has 0 aliphatic carbocycles. The molecule has 1 amide bonds. The fraction of sp³-hybridized carbons (Fsp3) is 0.867. The Bertz CT molecular complexity index is 331. The van der Waals surface area contributed by atoms with E-state index in [1.165, 1.54) is 0 Å². The summed E-state index contributed by atoms with van der Waals surface area (Å²) in [5, 5.41) is 6.12. The second-order valence-corrected chi connectivity index (χ2v) is 6.00. The number of aldehydes is 1. The van der Waals surface area contributed by atoms with Gasteiger partial charge in [-0.05, 0) is 52.0 Å². The van der Waals surface area contributed by atoms with E-state index in [-0.39, 0.29) is 18.0 Å². The van der Waals surface area contributed by atoms with Gasteiger partial charge in [-0.15, -0.1) is 0 Å². The van der Waals surface area contributed by atoms with Gasteiger partial charge in [0.15, 0.2) is 0 Å². The van der Waals surface area contributed by atoms with Gasteiger partial charge in [0.2, 0.25) is 5.91 Å². The van der Waals surface area contributed by atoms with Gasteiger partial charge in [0.05, 0.1) is 12.1 Å². The number of amides is 1. The van der Waals surface area contributed by atoms with Crippen molar-refractivity contribution in [3.63, 3.8) is 0 Å². The normalized spacial score (nSPS) is 14.8. The number of carbonyl (C=O) groups excluding carboxylic acids is 2. The third-order valence-corrected chi connectivity index (χ3v) is 3.79. The van der Waals surface area contributed by atoms with Crippen LogP contribution in [0.5, 0.6) is 0 Å². The monoisotopic (exact) mass is 345 g/mol. The molecule has 0 aromatic carbocycles. The highest BCUT2D eigenvalue weighted by molar-refractivity contribution is 5.84. The number of carbonyl (C=O) groups is 2. The molecule has 24 heavy (non-hydrogen) atoms. The van der Waals surface area contributed by atoms with Crippen molar-refractivity contribution < 1.29 is 9.59 Å². The van der Waals surface area contributed by atoms with Crippen LogP contribution in [0, 0.1) is 0 Å². The van der Waals surface area contributed by atoms with Crippen LogP contribution in [0.3, 0.4) is 0 Å². The largest absolute Gasteiger partial charge is 0.345 e. The Balaban J connectivity index is 4.47. The van der Waals surface area contributed by atoms with Gasteiger partial charge in [-0.3, -0.25) is 27.3 Å². The summed E-state index contributed by atoms with van der Waals surface area (Å²) in [4.78, 5) is 23.6. The van der Waals surface area contributed by atoms with Gasteiger partial charge in [0.25, 0.3) is 0 Å². The molecule has 9 nitrogen and oxygen atoms in total. The summed E-state index contributed by atoms with van der Waals surface area (Å²) in [7, 11) is 0. The summed E-state index contributed by atoms with van der Waals surface area (Å²) in [6.07, 6.45) is 5.23. The lowest BCUT2D eigenvalue weighted by atomic mass is 10.1. The zero-order valence-electron chi connectivity index (χ0n) is 14.7. The average molecular weight is 345 g/mol. The van der Waals surface area contributed by atoms with Crippen LogP contribution < -0.4 is 38.9 Å². The number of nitrogens with one attached hydrogen (secondary N) is 4. The number of nitrogens with two attached hydrogens (primary N) is 3. The predicted octanol–water partition coefficient (Wildman–Crippen LogP) is -1.76. The van der Waals surface area contributed by atoms with Crippen LogP contribution in [-0.4, -0.2) is 50.0 Å². The van der Waals surface area contributed by atoms with E-state index in [4.69, 9.17) is 17.4 Å². The quantitative estimate of drug-likeness (QED) is 0.0749. The van der Waals surface area contributed by atoms with Crippen molar-refractivity contribution in [2.45, 2.75) is 63.6 Å². The summed E-state index contributed by atoms with van der Waals surface area (Å²) in [6, 6.07) is -0.683. The van der Waals surface area contributed by atoms with E-state index in [1.807, 2.05) is 6.92 Å². The van der Waals surface area contributed by atoms with Gasteiger partial charge in [0.1, 0.15) is 6.29 Å². The maximum atomic E-state index is 12.5. The molecule has 0 aromatic rings. The first-order chi connectivity index (χ1) is 11.6. The molecule has 0 radical (unpaired) electrons. The molecule has 0 rings (SSSR count). The van der Waals surface area contributed by atoms with Crippen LogP contribution in [0.25, 0.3) is 0 Å². The summed E-state index contributed by atoms with van der Waals surface area (Å²) in [5.74, 6) is 10.3. The minimum absolute atomic E-state index is 0.162. The Labute approximate surface area is 144 Å². The summed E-state index contributed by atoms with van der Waals surface area (Å²) < 4.78 is 0. The summed E-state index contributed by atoms with van der Waals surface area (Å²) >= 11 is 0. The zero-order valence-corrected chi connectivity index (χ0v) is 14.7. The minimum atomic E-state index is -0.496. The van der Waals surface area contributed by atoms with Crippen molar-refractivity contribution >= 4 is 12.2 Å². The lowest BCUT2D eigenvalue weighted by Gasteiger charge is -2.24. The molecule has 0 aromatic heterocycles. The Morgan fingerprint density at radius 1 is 1.04 bits per heavy atom. The van der Waals surface area contributed by atoms with Crippen molar-refractivity contribution in [2.75, 3.05) is 19.6 Å². The molecule has 10 N–H and O–H groups in total. The molecule has 0 fully saturated rings. The van der Waals surface area contributed by atoms with Gasteiger partial charge in [-0.2, -0.15) is 0 Å². The van der Waals surface area contributed by atoms with E-state index in [2.05, 4.69) is 21.5 Å². The molecule has 0 heterocycles. The fourth-order valence-corrected chi connectivity index (χ4v) is 2.43.